The first-order valence-electron chi connectivity index (χ1n) is 6.34. The Hall–Kier alpha value is -0.770. The van der Waals surface area contributed by atoms with Gasteiger partial charge in [-0.05, 0) is 25.8 Å². The number of carbonyl (C=O) groups excluding carboxylic acids is 1. The van der Waals surface area contributed by atoms with E-state index in [0.717, 1.165) is 26.1 Å². The van der Waals surface area contributed by atoms with Crippen LogP contribution in [0.1, 0.15) is 32.6 Å². The van der Waals surface area contributed by atoms with E-state index in [1.165, 1.54) is 19.3 Å². The summed E-state index contributed by atoms with van der Waals surface area (Å²) in [6.45, 7) is 4.92. The first kappa shape index (κ1) is 13.3. The summed E-state index contributed by atoms with van der Waals surface area (Å²) in [6.07, 6.45) is 4.77. The summed E-state index contributed by atoms with van der Waals surface area (Å²) in [4.78, 5) is 15.6. The molecule has 94 valence electrons. The molecule has 1 aliphatic rings. The average molecular weight is 227 g/mol. The van der Waals surface area contributed by atoms with Gasteiger partial charge in [0.05, 0.1) is 0 Å². The van der Waals surface area contributed by atoms with Crippen LogP contribution in [0, 0.1) is 0 Å². The maximum atomic E-state index is 11.9. The monoisotopic (exact) mass is 227 g/mol. The number of amides is 2. The third-order valence-electron chi connectivity index (χ3n) is 3.00. The zero-order valence-corrected chi connectivity index (χ0v) is 10.8. The lowest BCUT2D eigenvalue weighted by Gasteiger charge is -2.32. The maximum Gasteiger partial charge on any atom is 0.319 e. The Morgan fingerprint density at radius 3 is 2.62 bits per heavy atom. The smallest absolute Gasteiger partial charge is 0.319 e. The fourth-order valence-electron chi connectivity index (χ4n) is 2.16. The van der Waals surface area contributed by atoms with E-state index in [4.69, 9.17) is 0 Å². The lowest BCUT2D eigenvalue weighted by molar-refractivity contribution is 0.161. The van der Waals surface area contributed by atoms with Gasteiger partial charge in [-0.15, -0.1) is 0 Å². The quantitative estimate of drug-likeness (QED) is 0.790. The molecule has 1 heterocycles. The molecule has 0 spiro atoms. The molecule has 1 N–H and O–H groups in total. The van der Waals surface area contributed by atoms with Crippen molar-refractivity contribution in [3.63, 3.8) is 0 Å². The first-order valence-corrected chi connectivity index (χ1v) is 6.34. The SMILES string of the molecule is CCCN(CC1CCCCN1)C(=O)N(C)C. The molecule has 0 saturated carbocycles. The normalized spacial score (nSPS) is 20.6. The number of hydrogen-bond acceptors (Lipinski definition) is 2. The van der Waals surface area contributed by atoms with Gasteiger partial charge in [-0.1, -0.05) is 13.3 Å². The van der Waals surface area contributed by atoms with E-state index in [1.54, 1.807) is 4.90 Å². The van der Waals surface area contributed by atoms with Crippen molar-refractivity contribution < 1.29 is 4.79 Å². The van der Waals surface area contributed by atoms with Crippen LogP contribution >= 0.6 is 0 Å². The highest BCUT2D eigenvalue weighted by molar-refractivity contribution is 5.73. The van der Waals surface area contributed by atoms with Crippen molar-refractivity contribution in [2.75, 3.05) is 33.7 Å². The standard InChI is InChI=1S/C12H25N3O/c1-4-9-15(12(16)14(2)3)10-11-7-5-6-8-13-11/h11,13H,4-10H2,1-3H3. The van der Waals surface area contributed by atoms with E-state index in [-0.39, 0.29) is 6.03 Å². The van der Waals surface area contributed by atoms with Crippen LogP contribution in [-0.2, 0) is 0 Å². The molecule has 1 saturated heterocycles. The molecule has 0 radical (unpaired) electrons. The summed E-state index contributed by atoms with van der Waals surface area (Å²) in [7, 11) is 3.64. The number of urea groups is 1. The van der Waals surface area contributed by atoms with Crippen molar-refractivity contribution in [1.29, 1.82) is 0 Å². The number of carbonyl (C=O) groups is 1. The van der Waals surface area contributed by atoms with Gasteiger partial charge in [-0.25, -0.2) is 4.79 Å². The molecule has 1 atom stereocenters. The Kier molecular flexibility index (Phi) is 5.60. The predicted octanol–water partition coefficient (Wildman–Crippen LogP) is 1.52. The zero-order chi connectivity index (χ0) is 12.0. The largest absolute Gasteiger partial charge is 0.331 e. The van der Waals surface area contributed by atoms with E-state index < -0.39 is 0 Å². The summed E-state index contributed by atoms with van der Waals surface area (Å²) in [6, 6.07) is 0.624. The van der Waals surface area contributed by atoms with Crippen molar-refractivity contribution in [2.45, 2.75) is 38.6 Å². The Morgan fingerprint density at radius 2 is 2.12 bits per heavy atom. The van der Waals surface area contributed by atoms with Crippen molar-refractivity contribution in [2.24, 2.45) is 0 Å². The summed E-state index contributed by atoms with van der Waals surface area (Å²) < 4.78 is 0. The third-order valence-corrected chi connectivity index (χ3v) is 3.00. The zero-order valence-electron chi connectivity index (χ0n) is 10.8. The van der Waals surface area contributed by atoms with E-state index in [1.807, 2.05) is 19.0 Å². The molecule has 2 amide bonds. The Balaban J connectivity index is 2.45. The van der Waals surface area contributed by atoms with Crippen molar-refractivity contribution in [3.05, 3.63) is 0 Å². The Bertz CT molecular complexity index is 212. The van der Waals surface area contributed by atoms with Gasteiger partial charge in [0.15, 0.2) is 0 Å². The highest BCUT2D eigenvalue weighted by Crippen LogP contribution is 2.09. The van der Waals surface area contributed by atoms with Crippen LogP contribution in [0.15, 0.2) is 0 Å². The Morgan fingerprint density at radius 1 is 1.38 bits per heavy atom. The second-order valence-corrected chi connectivity index (χ2v) is 4.77. The van der Waals surface area contributed by atoms with Gasteiger partial charge in [0, 0.05) is 33.2 Å². The lowest BCUT2D eigenvalue weighted by Crippen LogP contribution is -2.48. The molecule has 4 heteroatoms. The molecule has 0 aromatic heterocycles. The van der Waals surface area contributed by atoms with Gasteiger partial charge in [0.1, 0.15) is 0 Å². The molecule has 4 nitrogen and oxygen atoms in total. The molecule has 0 aromatic rings. The topological polar surface area (TPSA) is 35.6 Å². The highest BCUT2D eigenvalue weighted by atomic mass is 16.2. The van der Waals surface area contributed by atoms with Crippen LogP contribution in [-0.4, -0.2) is 55.6 Å². The van der Waals surface area contributed by atoms with Crippen LogP contribution < -0.4 is 5.32 Å². The van der Waals surface area contributed by atoms with Crippen molar-refractivity contribution in [3.8, 4) is 0 Å². The van der Waals surface area contributed by atoms with E-state index in [2.05, 4.69) is 12.2 Å². The van der Waals surface area contributed by atoms with E-state index >= 15 is 0 Å². The van der Waals surface area contributed by atoms with Gasteiger partial charge >= 0.3 is 6.03 Å². The maximum absolute atomic E-state index is 11.9. The Labute approximate surface area is 99.0 Å². The number of nitrogens with zero attached hydrogens (tertiary/aromatic N) is 2. The van der Waals surface area contributed by atoms with Crippen LogP contribution in [0.2, 0.25) is 0 Å². The third kappa shape index (κ3) is 4.00. The van der Waals surface area contributed by atoms with Crippen LogP contribution in [0.3, 0.4) is 0 Å². The lowest BCUT2D eigenvalue weighted by atomic mass is 10.0. The summed E-state index contributed by atoms with van der Waals surface area (Å²) in [5, 5.41) is 3.49. The van der Waals surface area contributed by atoms with Crippen molar-refractivity contribution in [1.82, 2.24) is 15.1 Å². The molecule has 1 rings (SSSR count). The summed E-state index contributed by atoms with van der Waals surface area (Å²) >= 11 is 0. The molecule has 16 heavy (non-hydrogen) atoms. The second-order valence-electron chi connectivity index (χ2n) is 4.77. The van der Waals surface area contributed by atoms with E-state index in [9.17, 15) is 4.79 Å². The molecule has 0 aromatic carbocycles. The minimum absolute atomic E-state index is 0.134. The van der Waals surface area contributed by atoms with Crippen LogP contribution in [0.25, 0.3) is 0 Å². The fraction of sp³-hybridized carbons (Fsp3) is 0.917. The van der Waals surface area contributed by atoms with Crippen molar-refractivity contribution >= 4 is 6.03 Å². The number of nitrogens with one attached hydrogen (secondary N) is 1. The molecule has 1 fully saturated rings. The minimum atomic E-state index is 0.134. The average Bonchev–Trinajstić information content (AvgIpc) is 2.29. The predicted molar refractivity (Wildman–Crippen MR) is 66.6 cm³/mol. The number of hydrogen-bond donors (Lipinski definition) is 1. The number of rotatable bonds is 4. The minimum Gasteiger partial charge on any atom is -0.331 e. The van der Waals surface area contributed by atoms with Gasteiger partial charge in [-0.3, -0.25) is 0 Å². The molecule has 0 aliphatic carbocycles. The second kappa shape index (κ2) is 6.74. The molecular weight excluding hydrogens is 202 g/mol. The molecular formula is C12H25N3O. The highest BCUT2D eigenvalue weighted by Gasteiger charge is 2.20. The van der Waals surface area contributed by atoms with E-state index in [0.29, 0.717) is 6.04 Å². The van der Waals surface area contributed by atoms with Gasteiger partial charge in [-0.2, -0.15) is 0 Å². The summed E-state index contributed by atoms with van der Waals surface area (Å²) in [5.41, 5.74) is 0. The molecule has 1 unspecified atom stereocenters. The fourth-order valence-corrected chi connectivity index (χ4v) is 2.16. The van der Waals surface area contributed by atoms with Crippen LogP contribution in [0.4, 0.5) is 4.79 Å². The van der Waals surface area contributed by atoms with Gasteiger partial charge < -0.3 is 15.1 Å². The van der Waals surface area contributed by atoms with Gasteiger partial charge in [0.25, 0.3) is 0 Å². The molecule has 0 bridgehead atoms. The molecule has 1 aliphatic heterocycles. The summed E-state index contributed by atoms with van der Waals surface area (Å²) in [5.74, 6) is 0. The first-order chi connectivity index (χ1) is 7.65. The van der Waals surface area contributed by atoms with Gasteiger partial charge in [0.2, 0.25) is 0 Å². The van der Waals surface area contributed by atoms with Crippen LogP contribution in [0.5, 0.6) is 0 Å². The number of piperidine rings is 1.